The van der Waals surface area contributed by atoms with Gasteiger partial charge in [0.05, 0.1) is 13.2 Å². The fourth-order valence-corrected chi connectivity index (χ4v) is 1.98. The van der Waals surface area contributed by atoms with E-state index in [4.69, 9.17) is 9.47 Å². The van der Waals surface area contributed by atoms with Crippen LogP contribution in [0.5, 0.6) is 5.75 Å². The van der Waals surface area contributed by atoms with Crippen molar-refractivity contribution in [3.63, 3.8) is 0 Å². The third kappa shape index (κ3) is 2.24. The summed E-state index contributed by atoms with van der Waals surface area (Å²) in [5, 5.41) is 7.53. The van der Waals surface area contributed by atoms with Crippen molar-refractivity contribution in [2.75, 3.05) is 13.2 Å². The molecule has 0 radical (unpaired) electrons. The Morgan fingerprint density at radius 1 is 1.37 bits per heavy atom. The molecule has 100 valence electrons. The summed E-state index contributed by atoms with van der Waals surface area (Å²) in [7, 11) is 1.56. The maximum atomic E-state index is 11.9. The van der Waals surface area contributed by atoms with Gasteiger partial charge in [-0.1, -0.05) is 12.1 Å². The first kappa shape index (κ1) is 11.9. The van der Waals surface area contributed by atoms with E-state index >= 15 is 0 Å². The second kappa shape index (κ2) is 4.85. The first-order valence-corrected chi connectivity index (χ1v) is 6.08. The van der Waals surface area contributed by atoms with Crippen LogP contribution in [0.1, 0.15) is 6.42 Å². The average Bonchev–Trinajstić information content (AvgIpc) is 3.03. The zero-order valence-corrected chi connectivity index (χ0v) is 10.5. The van der Waals surface area contributed by atoms with Gasteiger partial charge in [0.1, 0.15) is 17.5 Å². The van der Waals surface area contributed by atoms with E-state index in [1.54, 1.807) is 13.1 Å². The Hall–Kier alpha value is -2.15. The number of hydrogen-bond donors (Lipinski definition) is 0. The van der Waals surface area contributed by atoms with E-state index < -0.39 is 0 Å². The van der Waals surface area contributed by atoms with Crippen LogP contribution in [-0.2, 0) is 11.8 Å². The highest BCUT2D eigenvalue weighted by Gasteiger charge is 2.20. The Morgan fingerprint density at radius 3 is 2.89 bits per heavy atom. The molecule has 0 unspecified atom stereocenters. The molecule has 0 amide bonds. The highest BCUT2D eigenvalue weighted by atomic mass is 16.5. The van der Waals surface area contributed by atoms with Crippen LogP contribution in [-0.4, -0.2) is 39.1 Å². The zero-order chi connectivity index (χ0) is 13.2. The SMILES string of the molecule is Cn1nnn(-c2ccccc2O[C@H]2CCOC2)c1=O. The molecule has 0 spiro atoms. The summed E-state index contributed by atoms with van der Waals surface area (Å²) in [5.41, 5.74) is 0.284. The molecule has 1 fully saturated rings. The summed E-state index contributed by atoms with van der Waals surface area (Å²) < 4.78 is 13.5. The van der Waals surface area contributed by atoms with Crippen LogP contribution in [0.2, 0.25) is 0 Å². The highest BCUT2D eigenvalue weighted by Crippen LogP contribution is 2.23. The molecular weight excluding hydrogens is 248 g/mol. The summed E-state index contributed by atoms with van der Waals surface area (Å²) in [6.45, 7) is 1.28. The summed E-state index contributed by atoms with van der Waals surface area (Å²) in [6, 6.07) is 7.28. The lowest BCUT2D eigenvalue weighted by atomic mass is 10.2. The van der Waals surface area contributed by atoms with Crippen LogP contribution >= 0.6 is 0 Å². The average molecular weight is 262 g/mol. The Labute approximate surface area is 109 Å². The predicted octanol–water partition coefficient (Wildman–Crippen LogP) is 0.134. The van der Waals surface area contributed by atoms with E-state index in [0.717, 1.165) is 6.42 Å². The van der Waals surface area contributed by atoms with Gasteiger partial charge in [0.25, 0.3) is 0 Å². The number of tetrazole rings is 1. The lowest BCUT2D eigenvalue weighted by Crippen LogP contribution is -2.23. The molecule has 2 heterocycles. The molecule has 0 saturated carbocycles. The van der Waals surface area contributed by atoms with Gasteiger partial charge in [-0.25, -0.2) is 4.79 Å². The Morgan fingerprint density at radius 2 is 2.21 bits per heavy atom. The topological polar surface area (TPSA) is 71.2 Å². The van der Waals surface area contributed by atoms with E-state index in [1.807, 2.05) is 18.2 Å². The maximum Gasteiger partial charge on any atom is 0.368 e. The monoisotopic (exact) mass is 262 g/mol. The summed E-state index contributed by atoms with van der Waals surface area (Å²) >= 11 is 0. The van der Waals surface area contributed by atoms with Crippen LogP contribution < -0.4 is 10.4 Å². The summed E-state index contributed by atoms with van der Waals surface area (Å²) in [4.78, 5) is 11.9. The van der Waals surface area contributed by atoms with Gasteiger partial charge in [0.15, 0.2) is 0 Å². The lowest BCUT2D eigenvalue weighted by molar-refractivity contribution is 0.141. The van der Waals surface area contributed by atoms with Gasteiger partial charge in [0, 0.05) is 13.5 Å². The molecule has 1 aliphatic rings. The number of rotatable bonds is 3. The van der Waals surface area contributed by atoms with Crippen molar-refractivity contribution in [2.45, 2.75) is 12.5 Å². The van der Waals surface area contributed by atoms with Crippen LogP contribution in [0.4, 0.5) is 0 Å². The number of aromatic nitrogens is 4. The van der Waals surface area contributed by atoms with E-state index in [9.17, 15) is 4.79 Å². The van der Waals surface area contributed by atoms with Crippen molar-refractivity contribution in [3.8, 4) is 11.4 Å². The van der Waals surface area contributed by atoms with E-state index in [0.29, 0.717) is 24.7 Å². The quantitative estimate of drug-likeness (QED) is 0.786. The number of benzene rings is 1. The van der Waals surface area contributed by atoms with E-state index in [1.165, 1.54) is 9.36 Å². The molecule has 2 aromatic rings. The van der Waals surface area contributed by atoms with Crippen LogP contribution in [0.3, 0.4) is 0 Å². The largest absolute Gasteiger partial charge is 0.486 e. The van der Waals surface area contributed by atoms with Crippen LogP contribution in [0.25, 0.3) is 5.69 Å². The fraction of sp³-hybridized carbons (Fsp3) is 0.417. The molecule has 1 aliphatic heterocycles. The zero-order valence-electron chi connectivity index (χ0n) is 10.5. The minimum absolute atomic E-state index is 0.0218. The van der Waals surface area contributed by atoms with Crippen molar-refractivity contribution in [1.29, 1.82) is 0 Å². The smallest absolute Gasteiger partial charge is 0.368 e. The molecule has 7 nitrogen and oxygen atoms in total. The molecule has 3 rings (SSSR count). The minimum atomic E-state index is -0.307. The highest BCUT2D eigenvalue weighted by molar-refractivity contribution is 5.45. The number of ether oxygens (including phenoxy) is 2. The first-order valence-electron chi connectivity index (χ1n) is 6.08. The Kier molecular flexibility index (Phi) is 3.04. The Bertz CT molecular complexity index is 628. The van der Waals surface area contributed by atoms with Gasteiger partial charge in [-0.15, -0.1) is 0 Å². The van der Waals surface area contributed by atoms with Crippen molar-refractivity contribution < 1.29 is 9.47 Å². The van der Waals surface area contributed by atoms with Gasteiger partial charge < -0.3 is 9.47 Å². The second-order valence-electron chi connectivity index (χ2n) is 4.37. The molecule has 19 heavy (non-hydrogen) atoms. The van der Waals surface area contributed by atoms with Crippen molar-refractivity contribution in [3.05, 3.63) is 34.7 Å². The van der Waals surface area contributed by atoms with Gasteiger partial charge >= 0.3 is 5.69 Å². The molecular formula is C12H14N4O3. The molecule has 0 aliphatic carbocycles. The third-order valence-corrected chi connectivity index (χ3v) is 3.00. The minimum Gasteiger partial charge on any atom is -0.486 e. The van der Waals surface area contributed by atoms with Gasteiger partial charge in [-0.3, -0.25) is 0 Å². The molecule has 1 saturated heterocycles. The predicted molar refractivity (Wildman–Crippen MR) is 66.5 cm³/mol. The molecule has 7 heteroatoms. The van der Waals surface area contributed by atoms with Crippen molar-refractivity contribution in [1.82, 2.24) is 19.8 Å². The molecule has 0 bridgehead atoms. The van der Waals surface area contributed by atoms with Crippen molar-refractivity contribution in [2.24, 2.45) is 7.05 Å². The number of aryl methyl sites for hydroxylation is 1. The van der Waals surface area contributed by atoms with Gasteiger partial charge in [-0.2, -0.15) is 9.36 Å². The number of nitrogens with zero attached hydrogens (tertiary/aromatic N) is 4. The molecule has 1 aromatic heterocycles. The number of hydrogen-bond acceptors (Lipinski definition) is 5. The summed E-state index contributed by atoms with van der Waals surface area (Å²) in [6.07, 6.45) is 0.873. The number of para-hydroxylation sites is 2. The normalized spacial score (nSPS) is 18.7. The van der Waals surface area contributed by atoms with Gasteiger partial charge in [-0.05, 0) is 22.6 Å². The Balaban J connectivity index is 1.97. The molecule has 1 atom stereocenters. The van der Waals surface area contributed by atoms with Crippen LogP contribution in [0, 0.1) is 0 Å². The molecule has 0 N–H and O–H groups in total. The van der Waals surface area contributed by atoms with Crippen molar-refractivity contribution >= 4 is 0 Å². The lowest BCUT2D eigenvalue weighted by Gasteiger charge is -2.14. The summed E-state index contributed by atoms with van der Waals surface area (Å²) in [5.74, 6) is 0.612. The van der Waals surface area contributed by atoms with Gasteiger partial charge in [0.2, 0.25) is 0 Å². The third-order valence-electron chi connectivity index (χ3n) is 3.00. The van der Waals surface area contributed by atoms with Crippen LogP contribution in [0.15, 0.2) is 29.1 Å². The standard InChI is InChI=1S/C12H14N4O3/c1-15-12(17)16(14-13-15)10-4-2-3-5-11(10)19-9-6-7-18-8-9/h2-5,9H,6-8H2,1H3/t9-/m0/s1. The molecule has 1 aromatic carbocycles. The van der Waals surface area contributed by atoms with E-state index in [2.05, 4.69) is 10.4 Å². The first-order chi connectivity index (χ1) is 9.25. The van der Waals surface area contributed by atoms with E-state index in [-0.39, 0.29) is 11.8 Å². The fourth-order valence-electron chi connectivity index (χ4n) is 1.98. The second-order valence-corrected chi connectivity index (χ2v) is 4.37. The maximum absolute atomic E-state index is 11.9.